The minimum Gasteiger partial charge on any atom is -0.442 e. The van der Waals surface area contributed by atoms with Gasteiger partial charge in [-0.15, -0.1) is 0 Å². The van der Waals surface area contributed by atoms with Crippen LogP contribution in [-0.4, -0.2) is 15.3 Å². The van der Waals surface area contributed by atoms with Crippen molar-refractivity contribution in [1.29, 1.82) is 0 Å². The smallest absolute Gasteiger partial charge is 0.141 e. The topological polar surface area (TPSA) is 20.2 Å². The summed E-state index contributed by atoms with van der Waals surface area (Å²) in [5.74, 6) is 0. The second-order valence-electron chi connectivity index (χ2n) is 0. The lowest BCUT2D eigenvalue weighted by Crippen LogP contribution is -1.34. The molecule has 0 rings (SSSR count). The molecule has 0 aromatic carbocycles. The highest BCUT2D eigenvalue weighted by Gasteiger charge is 0.891. The van der Waals surface area contributed by atoms with E-state index >= 15 is 0 Å². The predicted octanol–water partition coefficient (Wildman–Crippen LogP) is -1.52. The second-order valence-corrected chi connectivity index (χ2v) is 0. The molecule has 0 atom stereocenters. The summed E-state index contributed by atoms with van der Waals surface area (Å²) in [6, 6.07) is 0. The molecule has 0 aliphatic carbocycles. The normalized spacial score (nSPS) is 2.25. The summed E-state index contributed by atoms with van der Waals surface area (Å²) in [6.45, 7) is 0. The molecule has 0 aliphatic rings. The van der Waals surface area contributed by atoms with Crippen molar-refractivity contribution in [3.63, 3.8) is 0 Å². The predicted molar refractivity (Wildman–Crippen MR) is 32.9 cm³/mol. The van der Waals surface area contributed by atoms with Crippen LogP contribution >= 0.6 is 27.0 Å². The van der Waals surface area contributed by atoms with Gasteiger partial charge in [0, 0.05) is 0 Å². The van der Waals surface area contributed by atoms with Gasteiger partial charge in [0.1, 0.15) is 10.5 Å². The van der Waals surface area contributed by atoms with Crippen LogP contribution in [0.1, 0.15) is 0 Å². The Labute approximate surface area is 42.8 Å². The fourth-order valence-corrected chi connectivity index (χ4v) is 0. The molecule has 0 amide bonds. The van der Waals surface area contributed by atoms with E-state index < -0.39 is 0 Å². The van der Waals surface area contributed by atoms with Crippen molar-refractivity contribution in [2.24, 2.45) is 0 Å². The van der Waals surface area contributed by atoms with Gasteiger partial charge in [0.25, 0.3) is 0 Å². The summed E-state index contributed by atoms with van der Waals surface area (Å²) in [5, 5.41) is 0. The van der Waals surface area contributed by atoms with Gasteiger partial charge in [-0.3, -0.25) is 0 Å². The average molecular weight is 116 g/mol. The second kappa shape index (κ2) is 41.7. The van der Waals surface area contributed by atoms with Crippen molar-refractivity contribution in [2.75, 3.05) is 0 Å². The molecule has 0 saturated carbocycles. The van der Waals surface area contributed by atoms with Crippen LogP contribution in [0.2, 0.25) is 0 Å². The SMILES string of the molecule is O[SiH3].S.S. The van der Waals surface area contributed by atoms with Crippen molar-refractivity contribution in [3.8, 4) is 0 Å². The molecule has 0 heterocycles. The monoisotopic (exact) mass is 116 g/mol. The maximum atomic E-state index is 7.14. The maximum absolute atomic E-state index is 7.14. The van der Waals surface area contributed by atoms with Crippen LogP contribution in [0.15, 0.2) is 0 Å². The zero-order valence-electron chi connectivity index (χ0n) is 2.45. The van der Waals surface area contributed by atoms with Crippen molar-refractivity contribution >= 4 is 37.5 Å². The third-order valence-corrected chi connectivity index (χ3v) is 0. The van der Waals surface area contributed by atoms with E-state index in [2.05, 4.69) is 0 Å². The molecule has 0 saturated heterocycles. The van der Waals surface area contributed by atoms with Gasteiger partial charge in [-0.25, -0.2) is 0 Å². The molecule has 0 radical (unpaired) electrons. The first kappa shape index (κ1) is 20.8. The molecule has 0 aromatic heterocycles. The molecule has 0 spiro atoms. The Kier molecular flexibility index (Phi) is 217. The third kappa shape index (κ3) is 13.2. The van der Waals surface area contributed by atoms with Crippen LogP contribution in [0, 0.1) is 0 Å². The van der Waals surface area contributed by atoms with E-state index in [-0.39, 0.29) is 27.0 Å². The van der Waals surface area contributed by atoms with Gasteiger partial charge in [-0.05, 0) is 0 Å². The minimum absolute atomic E-state index is 0. The van der Waals surface area contributed by atoms with E-state index in [1.165, 1.54) is 0 Å². The lowest BCUT2D eigenvalue weighted by molar-refractivity contribution is 0.629. The zero-order valence-corrected chi connectivity index (χ0v) is 6.45. The largest absolute Gasteiger partial charge is 0.442 e. The molecule has 1 nitrogen and oxygen atoms in total. The fourth-order valence-electron chi connectivity index (χ4n) is 0. The molecule has 0 unspecified atom stereocenters. The van der Waals surface area contributed by atoms with Gasteiger partial charge in [0.15, 0.2) is 0 Å². The Bertz CT molecular complexity index is 6.00. The van der Waals surface area contributed by atoms with E-state index in [0.717, 1.165) is 0 Å². The number of rotatable bonds is 0. The summed E-state index contributed by atoms with van der Waals surface area (Å²) in [4.78, 5) is 7.14. The minimum atomic E-state index is 0. The Morgan fingerprint density at radius 1 is 1.00 bits per heavy atom. The molecular formula is H8OS2Si. The lowest BCUT2D eigenvalue weighted by atomic mass is 15.9. The number of hydrogen-bond acceptors (Lipinski definition) is 1. The molecule has 1 N–H and O–H groups in total. The van der Waals surface area contributed by atoms with Gasteiger partial charge >= 0.3 is 0 Å². The Morgan fingerprint density at radius 2 is 1.00 bits per heavy atom. The van der Waals surface area contributed by atoms with Crippen LogP contribution in [0.4, 0.5) is 0 Å². The zero-order chi connectivity index (χ0) is 2.00. The van der Waals surface area contributed by atoms with E-state index in [4.69, 9.17) is 4.80 Å². The quantitative estimate of drug-likeness (QED) is 0.381. The molecule has 0 aliphatic heterocycles. The molecule has 4 heavy (non-hydrogen) atoms. The van der Waals surface area contributed by atoms with Gasteiger partial charge < -0.3 is 4.80 Å². The average Bonchev–Trinajstić information content (AvgIpc) is 1.00. The summed E-state index contributed by atoms with van der Waals surface area (Å²) in [7, 11) is 0.306. The first-order valence-electron chi connectivity index (χ1n) is 0.447. The van der Waals surface area contributed by atoms with Gasteiger partial charge in [0.05, 0.1) is 0 Å². The third-order valence-electron chi connectivity index (χ3n) is 0. The fraction of sp³-hybridized carbons (Fsp3) is 0. The summed E-state index contributed by atoms with van der Waals surface area (Å²) >= 11 is 0. The van der Waals surface area contributed by atoms with Crippen LogP contribution in [0.3, 0.4) is 0 Å². The van der Waals surface area contributed by atoms with E-state index in [0.29, 0.717) is 10.5 Å². The lowest BCUT2D eigenvalue weighted by Gasteiger charge is -1.19. The van der Waals surface area contributed by atoms with Crippen molar-refractivity contribution in [1.82, 2.24) is 0 Å². The van der Waals surface area contributed by atoms with Gasteiger partial charge in [-0.1, -0.05) is 0 Å². The summed E-state index contributed by atoms with van der Waals surface area (Å²) in [5.41, 5.74) is 0. The molecule has 0 bridgehead atoms. The highest BCUT2D eigenvalue weighted by Crippen LogP contribution is 0.666. The Morgan fingerprint density at radius 3 is 1.00 bits per heavy atom. The highest BCUT2D eigenvalue weighted by molar-refractivity contribution is 7.59. The Hall–Kier alpha value is 0.877. The molecular weight excluding hydrogens is 108 g/mol. The Balaban J connectivity index is -0.00000000500. The van der Waals surface area contributed by atoms with Crippen molar-refractivity contribution in [3.05, 3.63) is 0 Å². The van der Waals surface area contributed by atoms with Gasteiger partial charge in [-0.2, -0.15) is 27.0 Å². The molecule has 4 heteroatoms. The van der Waals surface area contributed by atoms with Gasteiger partial charge in [0.2, 0.25) is 0 Å². The molecule has 0 fully saturated rings. The summed E-state index contributed by atoms with van der Waals surface area (Å²) < 4.78 is 0. The van der Waals surface area contributed by atoms with Crippen molar-refractivity contribution < 1.29 is 4.80 Å². The first-order chi connectivity index (χ1) is 1.00. The standard InChI is InChI=1S/H4OSi.2H2S/c1-2;;/h1H,2H3;2*1H2. The summed E-state index contributed by atoms with van der Waals surface area (Å²) in [6.07, 6.45) is 0. The highest BCUT2D eigenvalue weighted by atomic mass is 32.1. The van der Waals surface area contributed by atoms with Crippen LogP contribution in [0.25, 0.3) is 0 Å². The van der Waals surface area contributed by atoms with E-state index in [9.17, 15) is 0 Å². The molecule has 30 valence electrons. The van der Waals surface area contributed by atoms with Crippen LogP contribution in [0.5, 0.6) is 0 Å². The van der Waals surface area contributed by atoms with E-state index in [1.54, 1.807) is 0 Å². The maximum Gasteiger partial charge on any atom is 0.141 e. The van der Waals surface area contributed by atoms with Crippen LogP contribution < -0.4 is 0 Å². The van der Waals surface area contributed by atoms with E-state index in [1.807, 2.05) is 0 Å². The first-order valence-corrected chi connectivity index (χ1v) is 1.34. The van der Waals surface area contributed by atoms with Crippen LogP contribution in [-0.2, 0) is 0 Å². The number of hydrogen-bond donors (Lipinski definition) is 1. The molecule has 0 aromatic rings. The van der Waals surface area contributed by atoms with Crippen molar-refractivity contribution in [2.45, 2.75) is 0 Å².